The maximum absolute atomic E-state index is 12.6. The highest BCUT2D eigenvalue weighted by atomic mass is 16.5. The number of ether oxygens (including phenoxy) is 3. The largest absolute Gasteiger partial charge is 0.497 e. The number of pyridine rings is 1. The molecule has 0 bridgehead atoms. The topological polar surface area (TPSA) is 87.9 Å². The van der Waals surface area contributed by atoms with Gasteiger partial charge in [0.05, 0.1) is 25.3 Å². The molecule has 2 aromatic carbocycles. The Kier molecular flexibility index (Phi) is 5.17. The fourth-order valence-corrected chi connectivity index (χ4v) is 3.01. The molecule has 150 valence electrons. The van der Waals surface area contributed by atoms with Crippen LogP contribution in [0.5, 0.6) is 17.2 Å². The van der Waals surface area contributed by atoms with Crippen LogP contribution < -0.4 is 19.8 Å². The van der Waals surface area contributed by atoms with Gasteiger partial charge in [0.1, 0.15) is 22.8 Å². The highest BCUT2D eigenvalue weighted by molar-refractivity contribution is 5.91. The van der Waals surface area contributed by atoms with Crippen LogP contribution >= 0.6 is 0 Å². The van der Waals surface area contributed by atoms with Gasteiger partial charge in [-0.15, -0.1) is 0 Å². The van der Waals surface area contributed by atoms with E-state index in [1.54, 1.807) is 61.8 Å². The number of hydrogen-bond donors (Lipinski definition) is 0. The molecule has 0 radical (unpaired) electrons. The van der Waals surface area contributed by atoms with Crippen LogP contribution in [0.25, 0.3) is 22.1 Å². The number of aromatic nitrogens is 1. The van der Waals surface area contributed by atoms with Crippen LogP contribution in [0.4, 0.5) is 0 Å². The summed E-state index contributed by atoms with van der Waals surface area (Å²) in [7, 11) is 3.07. The molecule has 0 spiro atoms. The number of esters is 1. The molecule has 0 N–H and O–H groups in total. The molecule has 0 aliphatic heterocycles. The summed E-state index contributed by atoms with van der Waals surface area (Å²) in [6.45, 7) is 0. The van der Waals surface area contributed by atoms with Gasteiger partial charge in [-0.2, -0.15) is 0 Å². The third-order valence-electron chi connectivity index (χ3n) is 4.51. The van der Waals surface area contributed by atoms with Gasteiger partial charge in [-0.25, -0.2) is 9.59 Å². The minimum absolute atomic E-state index is 0.259. The molecular formula is C23H17NO6. The fourth-order valence-electron chi connectivity index (χ4n) is 3.01. The summed E-state index contributed by atoms with van der Waals surface area (Å²) < 4.78 is 21.4. The summed E-state index contributed by atoms with van der Waals surface area (Å²) in [6, 6.07) is 15.0. The van der Waals surface area contributed by atoms with Crippen molar-refractivity contribution in [3.63, 3.8) is 0 Å². The second-order valence-corrected chi connectivity index (χ2v) is 6.34. The van der Waals surface area contributed by atoms with Crippen molar-refractivity contribution in [2.45, 2.75) is 0 Å². The van der Waals surface area contributed by atoms with E-state index in [9.17, 15) is 9.59 Å². The van der Waals surface area contributed by atoms with Crippen LogP contribution in [0.3, 0.4) is 0 Å². The van der Waals surface area contributed by atoms with E-state index in [0.29, 0.717) is 39.2 Å². The van der Waals surface area contributed by atoms with Crippen LogP contribution in [0.1, 0.15) is 10.4 Å². The molecule has 7 nitrogen and oxygen atoms in total. The first-order valence-electron chi connectivity index (χ1n) is 9.01. The maximum atomic E-state index is 12.6. The summed E-state index contributed by atoms with van der Waals surface area (Å²) in [5, 5.41) is 0.670. The molecule has 0 amide bonds. The van der Waals surface area contributed by atoms with Crippen LogP contribution in [0, 0.1) is 0 Å². The van der Waals surface area contributed by atoms with Crippen molar-refractivity contribution in [2.75, 3.05) is 14.2 Å². The monoisotopic (exact) mass is 403 g/mol. The lowest BCUT2D eigenvalue weighted by Gasteiger charge is -2.10. The molecule has 0 fully saturated rings. The van der Waals surface area contributed by atoms with Gasteiger partial charge in [-0.05, 0) is 42.5 Å². The Morgan fingerprint density at radius 2 is 1.77 bits per heavy atom. The average molecular weight is 403 g/mol. The second-order valence-electron chi connectivity index (χ2n) is 6.34. The molecule has 2 heterocycles. The van der Waals surface area contributed by atoms with E-state index in [1.807, 2.05) is 0 Å². The number of methoxy groups -OCH3 is 2. The molecule has 0 aliphatic carbocycles. The second kappa shape index (κ2) is 8.08. The number of carbonyl (C=O) groups is 1. The van der Waals surface area contributed by atoms with Gasteiger partial charge in [0.25, 0.3) is 0 Å². The Balaban J connectivity index is 1.70. The molecule has 4 aromatic rings. The molecule has 0 saturated carbocycles. The lowest BCUT2D eigenvalue weighted by molar-refractivity contribution is 0.0734. The quantitative estimate of drug-likeness (QED) is 0.282. The number of hydrogen-bond acceptors (Lipinski definition) is 7. The van der Waals surface area contributed by atoms with E-state index in [1.165, 1.54) is 19.4 Å². The molecule has 0 unspecified atom stereocenters. The van der Waals surface area contributed by atoms with Gasteiger partial charge in [-0.3, -0.25) is 4.98 Å². The van der Waals surface area contributed by atoms with Crippen LogP contribution in [-0.4, -0.2) is 25.2 Å². The molecule has 4 rings (SSSR count). The Bertz CT molecular complexity index is 1280. The van der Waals surface area contributed by atoms with E-state index in [-0.39, 0.29) is 5.75 Å². The van der Waals surface area contributed by atoms with Gasteiger partial charge >= 0.3 is 11.6 Å². The van der Waals surface area contributed by atoms with Crippen molar-refractivity contribution in [1.82, 2.24) is 4.98 Å². The molecule has 30 heavy (non-hydrogen) atoms. The molecule has 2 aromatic heterocycles. The Morgan fingerprint density at radius 1 is 0.933 bits per heavy atom. The number of fused-ring (bicyclic) bond motifs is 1. The van der Waals surface area contributed by atoms with E-state index in [2.05, 4.69) is 4.98 Å². The zero-order valence-electron chi connectivity index (χ0n) is 16.2. The predicted octanol–water partition coefficient (Wildman–Crippen LogP) is 4.09. The van der Waals surface area contributed by atoms with E-state index in [0.717, 1.165) is 0 Å². The maximum Gasteiger partial charge on any atom is 0.345 e. The third kappa shape index (κ3) is 3.73. The van der Waals surface area contributed by atoms with Crippen LogP contribution in [-0.2, 0) is 0 Å². The van der Waals surface area contributed by atoms with E-state index >= 15 is 0 Å². The third-order valence-corrected chi connectivity index (χ3v) is 4.51. The van der Waals surface area contributed by atoms with Crippen LogP contribution in [0.15, 0.2) is 76.2 Å². The highest BCUT2D eigenvalue weighted by Gasteiger charge is 2.15. The first-order chi connectivity index (χ1) is 14.6. The summed E-state index contributed by atoms with van der Waals surface area (Å²) in [5.74, 6) is 0.808. The lowest BCUT2D eigenvalue weighted by Crippen LogP contribution is -2.09. The average Bonchev–Trinajstić information content (AvgIpc) is 2.78. The molecule has 0 aliphatic rings. The Labute approximate surface area is 171 Å². The summed E-state index contributed by atoms with van der Waals surface area (Å²) in [4.78, 5) is 28.7. The number of nitrogens with zero attached hydrogens (tertiary/aromatic N) is 1. The lowest BCUT2D eigenvalue weighted by atomic mass is 10.0. The highest BCUT2D eigenvalue weighted by Crippen LogP contribution is 2.33. The van der Waals surface area contributed by atoms with Crippen molar-refractivity contribution in [3.8, 4) is 28.4 Å². The standard InChI is InChI=1S/C23H17NO6/c1-27-16-7-8-18(21(11-16)28-2)19-10-14-5-6-17(12-20(14)30-23(19)26)29-22(25)15-4-3-9-24-13-15/h3-13H,1-2H3. The number of rotatable bonds is 5. The molecule has 0 atom stereocenters. The fraction of sp³-hybridized carbons (Fsp3) is 0.0870. The zero-order valence-corrected chi connectivity index (χ0v) is 16.2. The van der Waals surface area contributed by atoms with Gasteiger partial charge in [0.15, 0.2) is 0 Å². The van der Waals surface area contributed by atoms with E-state index < -0.39 is 11.6 Å². The number of benzene rings is 2. The van der Waals surface area contributed by atoms with Crippen LogP contribution in [0.2, 0.25) is 0 Å². The first kappa shape index (κ1) is 19.2. The minimum atomic E-state index is -0.551. The van der Waals surface area contributed by atoms with Crippen molar-refractivity contribution >= 4 is 16.9 Å². The summed E-state index contributed by atoms with van der Waals surface area (Å²) in [6.07, 6.45) is 2.98. The van der Waals surface area contributed by atoms with Crippen molar-refractivity contribution in [3.05, 3.63) is 83.0 Å². The molecule has 7 heteroatoms. The smallest absolute Gasteiger partial charge is 0.345 e. The minimum Gasteiger partial charge on any atom is -0.497 e. The van der Waals surface area contributed by atoms with E-state index in [4.69, 9.17) is 18.6 Å². The molecular weight excluding hydrogens is 386 g/mol. The molecule has 0 saturated heterocycles. The Hall–Kier alpha value is -4.13. The number of carbonyl (C=O) groups excluding carboxylic acids is 1. The summed E-state index contributed by atoms with van der Waals surface area (Å²) in [5.41, 5.74) is 1.01. The van der Waals surface area contributed by atoms with Gasteiger partial charge in [-0.1, -0.05) is 0 Å². The van der Waals surface area contributed by atoms with Crippen molar-refractivity contribution in [1.29, 1.82) is 0 Å². The van der Waals surface area contributed by atoms with Gasteiger partial charge in [0, 0.05) is 35.5 Å². The Morgan fingerprint density at radius 3 is 2.50 bits per heavy atom. The first-order valence-corrected chi connectivity index (χ1v) is 9.01. The summed E-state index contributed by atoms with van der Waals surface area (Å²) >= 11 is 0. The predicted molar refractivity (Wildman–Crippen MR) is 110 cm³/mol. The zero-order chi connectivity index (χ0) is 21.1. The van der Waals surface area contributed by atoms with Gasteiger partial charge in [0.2, 0.25) is 0 Å². The van der Waals surface area contributed by atoms with Crippen molar-refractivity contribution in [2.24, 2.45) is 0 Å². The normalized spacial score (nSPS) is 10.6. The SMILES string of the molecule is COc1ccc(-c2cc3ccc(OC(=O)c4cccnc4)cc3oc2=O)c(OC)c1. The van der Waals surface area contributed by atoms with Crippen molar-refractivity contribution < 1.29 is 23.4 Å². The van der Waals surface area contributed by atoms with Gasteiger partial charge < -0.3 is 18.6 Å².